The summed E-state index contributed by atoms with van der Waals surface area (Å²) in [7, 11) is 0. The van der Waals surface area contributed by atoms with E-state index in [9.17, 15) is 18.7 Å². The Hall–Kier alpha value is -3.21. The summed E-state index contributed by atoms with van der Waals surface area (Å²) in [6.07, 6.45) is 0. The van der Waals surface area contributed by atoms with Gasteiger partial charge in [-0.1, -0.05) is 48.5 Å². The Bertz CT molecular complexity index is 908. The van der Waals surface area contributed by atoms with Crippen LogP contribution >= 0.6 is 0 Å². The highest BCUT2D eigenvalue weighted by molar-refractivity contribution is 5.97. The number of aromatic carboxylic acids is 1. The molecule has 126 valence electrons. The highest BCUT2D eigenvalue weighted by atomic mass is 19.2. The summed E-state index contributed by atoms with van der Waals surface area (Å²) in [5.41, 5.74) is 1.06. The molecule has 0 bridgehead atoms. The monoisotopic (exact) mass is 340 g/mol. The molecule has 0 atom stereocenters. The lowest BCUT2D eigenvalue weighted by Crippen LogP contribution is -2.04. The van der Waals surface area contributed by atoms with Crippen molar-refractivity contribution in [2.24, 2.45) is 0 Å². The van der Waals surface area contributed by atoms with Crippen molar-refractivity contribution < 1.29 is 23.4 Å². The van der Waals surface area contributed by atoms with Crippen molar-refractivity contribution in [3.63, 3.8) is 0 Å². The maximum Gasteiger partial charge on any atom is 0.336 e. The van der Waals surface area contributed by atoms with Gasteiger partial charge in [-0.15, -0.1) is 0 Å². The van der Waals surface area contributed by atoms with Crippen LogP contribution in [0.15, 0.2) is 66.7 Å². The summed E-state index contributed by atoms with van der Waals surface area (Å²) < 4.78 is 32.9. The molecule has 0 heterocycles. The minimum absolute atomic E-state index is 0.0649. The fourth-order valence-electron chi connectivity index (χ4n) is 2.50. The molecule has 0 saturated heterocycles. The lowest BCUT2D eigenvalue weighted by atomic mass is 9.98. The van der Waals surface area contributed by atoms with Gasteiger partial charge < -0.3 is 9.84 Å². The molecule has 3 aromatic rings. The van der Waals surface area contributed by atoms with Crippen molar-refractivity contribution in [2.45, 2.75) is 6.61 Å². The highest BCUT2D eigenvalue weighted by Gasteiger charge is 2.19. The van der Waals surface area contributed by atoms with Crippen molar-refractivity contribution in [1.82, 2.24) is 0 Å². The fourth-order valence-corrected chi connectivity index (χ4v) is 2.50. The molecule has 0 saturated carbocycles. The van der Waals surface area contributed by atoms with Gasteiger partial charge in [-0.3, -0.25) is 0 Å². The Balaban J connectivity index is 2.01. The van der Waals surface area contributed by atoms with Gasteiger partial charge in [-0.05, 0) is 23.8 Å². The van der Waals surface area contributed by atoms with E-state index >= 15 is 0 Å². The number of hydrogen-bond donors (Lipinski definition) is 1. The van der Waals surface area contributed by atoms with E-state index in [0.29, 0.717) is 17.4 Å². The predicted octanol–water partition coefficient (Wildman–Crippen LogP) is 4.91. The second-order valence-corrected chi connectivity index (χ2v) is 5.39. The van der Waals surface area contributed by atoms with Gasteiger partial charge in [0.15, 0.2) is 11.6 Å². The van der Waals surface area contributed by atoms with E-state index in [1.165, 1.54) is 0 Å². The molecular formula is C20H14F2O3. The Labute approximate surface area is 143 Å². The Morgan fingerprint density at radius 1 is 0.880 bits per heavy atom. The number of para-hydroxylation sites is 1. The second kappa shape index (κ2) is 7.13. The van der Waals surface area contributed by atoms with Gasteiger partial charge in [-0.2, -0.15) is 0 Å². The zero-order valence-corrected chi connectivity index (χ0v) is 13.1. The first-order valence-corrected chi connectivity index (χ1v) is 7.54. The van der Waals surface area contributed by atoms with Gasteiger partial charge in [-0.25, -0.2) is 13.6 Å². The first-order valence-electron chi connectivity index (χ1n) is 7.54. The number of ether oxygens (including phenoxy) is 1. The lowest BCUT2D eigenvalue weighted by Gasteiger charge is -2.14. The topological polar surface area (TPSA) is 46.5 Å². The number of rotatable bonds is 5. The summed E-state index contributed by atoms with van der Waals surface area (Å²) in [5, 5.41) is 9.31. The van der Waals surface area contributed by atoms with E-state index in [0.717, 1.165) is 11.6 Å². The fraction of sp³-hybridized carbons (Fsp3) is 0.0500. The molecule has 0 unspecified atom stereocenters. The van der Waals surface area contributed by atoms with Crippen molar-refractivity contribution in [1.29, 1.82) is 0 Å². The molecule has 25 heavy (non-hydrogen) atoms. The van der Waals surface area contributed by atoms with Crippen LogP contribution in [0.5, 0.6) is 5.75 Å². The number of carboxylic acids is 1. The summed E-state index contributed by atoms with van der Waals surface area (Å²) >= 11 is 0. The van der Waals surface area contributed by atoms with E-state index in [-0.39, 0.29) is 17.7 Å². The summed E-state index contributed by atoms with van der Waals surface area (Å²) in [6.45, 7) is 0.268. The standard InChI is InChI=1S/C20H14F2O3/c21-17-10-15(16(20(23)24)11-18(17)22)14-8-4-5-9-19(14)25-12-13-6-2-1-3-7-13/h1-11H,12H2,(H,23,24). The summed E-state index contributed by atoms with van der Waals surface area (Å²) in [4.78, 5) is 11.4. The van der Waals surface area contributed by atoms with E-state index in [1.807, 2.05) is 30.3 Å². The molecule has 5 heteroatoms. The number of carboxylic acid groups (broad SMARTS) is 1. The van der Waals surface area contributed by atoms with Crippen LogP contribution in [0.3, 0.4) is 0 Å². The number of carbonyl (C=O) groups is 1. The third-order valence-electron chi connectivity index (χ3n) is 3.71. The molecule has 3 rings (SSSR count). The van der Waals surface area contributed by atoms with Crippen LogP contribution in [0, 0.1) is 11.6 Å². The molecule has 3 nitrogen and oxygen atoms in total. The third kappa shape index (κ3) is 3.66. The highest BCUT2D eigenvalue weighted by Crippen LogP contribution is 2.34. The van der Waals surface area contributed by atoms with Gasteiger partial charge >= 0.3 is 5.97 Å². The SMILES string of the molecule is O=C(O)c1cc(F)c(F)cc1-c1ccccc1OCc1ccccc1. The molecular weight excluding hydrogens is 326 g/mol. The van der Waals surface area contributed by atoms with E-state index < -0.39 is 17.6 Å². The van der Waals surface area contributed by atoms with E-state index in [4.69, 9.17) is 4.74 Å². The summed E-state index contributed by atoms with van der Waals surface area (Å²) in [6, 6.07) is 17.7. The molecule has 0 spiro atoms. The minimum atomic E-state index is -1.34. The number of hydrogen-bond acceptors (Lipinski definition) is 2. The maximum atomic E-state index is 13.7. The van der Waals surface area contributed by atoms with E-state index in [2.05, 4.69) is 0 Å². The Morgan fingerprint density at radius 3 is 2.24 bits per heavy atom. The second-order valence-electron chi connectivity index (χ2n) is 5.39. The zero-order valence-electron chi connectivity index (χ0n) is 13.1. The van der Waals surface area contributed by atoms with Crippen LogP contribution in [0.1, 0.15) is 15.9 Å². The average molecular weight is 340 g/mol. The largest absolute Gasteiger partial charge is 0.488 e. The van der Waals surface area contributed by atoms with Crippen molar-refractivity contribution in [3.05, 3.63) is 89.5 Å². The third-order valence-corrected chi connectivity index (χ3v) is 3.71. The van der Waals surface area contributed by atoms with Crippen molar-refractivity contribution in [2.75, 3.05) is 0 Å². The molecule has 0 radical (unpaired) electrons. The zero-order chi connectivity index (χ0) is 17.8. The minimum Gasteiger partial charge on any atom is -0.488 e. The average Bonchev–Trinajstić information content (AvgIpc) is 2.63. The lowest BCUT2D eigenvalue weighted by molar-refractivity contribution is 0.0697. The molecule has 1 N–H and O–H groups in total. The number of halogens is 2. The first-order chi connectivity index (χ1) is 12.1. The van der Waals surface area contributed by atoms with Gasteiger partial charge in [0.25, 0.3) is 0 Å². The van der Waals surface area contributed by atoms with Crippen LogP contribution in [0.2, 0.25) is 0 Å². The summed E-state index contributed by atoms with van der Waals surface area (Å²) in [5.74, 6) is -3.27. The maximum absolute atomic E-state index is 13.7. The molecule has 0 amide bonds. The van der Waals surface area contributed by atoms with Gasteiger partial charge in [0.05, 0.1) is 5.56 Å². The van der Waals surface area contributed by atoms with E-state index in [1.54, 1.807) is 24.3 Å². The Morgan fingerprint density at radius 2 is 1.52 bits per heavy atom. The number of benzene rings is 3. The van der Waals surface area contributed by atoms with Crippen LogP contribution in [0.4, 0.5) is 8.78 Å². The van der Waals surface area contributed by atoms with Crippen molar-refractivity contribution >= 4 is 5.97 Å². The quantitative estimate of drug-likeness (QED) is 0.718. The predicted molar refractivity (Wildman–Crippen MR) is 89.5 cm³/mol. The Kier molecular flexibility index (Phi) is 4.75. The molecule has 3 aromatic carbocycles. The normalized spacial score (nSPS) is 10.5. The van der Waals surface area contributed by atoms with Crippen LogP contribution in [-0.4, -0.2) is 11.1 Å². The first kappa shape index (κ1) is 16.6. The van der Waals surface area contributed by atoms with Gasteiger partial charge in [0.1, 0.15) is 12.4 Å². The molecule has 0 fully saturated rings. The molecule has 0 aromatic heterocycles. The van der Waals surface area contributed by atoms with Crippen LogP contribution in [0.25, 0.3) is 11.1 Å². The van der Waals surface area contributed by atoms with Crippen molar-refractivity contribution in [3.8, 4) is 16.9 Å². The van der Waals surface area contributed by atoms with Gasteiger partial charge in [0.2, 0.25) is 0 Å². The molecule has 0 aliphatic rings. The van der Waals surface area contributed by atoms with Crippen LogP contribution in [-0.2, 0) is 6.61 Å². The van der Waals surface area contributed by atoms with Gasteiger partial charge in [0, 0.05) is 11.1 Å². The van der Waals surface area contributed by atoms with Crippen LogP contribution < -0.4 is 4.74 Å². The molecule has 0 aliphatic heterocycles. The molecule has 0 aliphatic carbocycles. The smallest absolute Gasteiger partial charge is 0.336 e.